The molecule has 1 unspecified atom stereocenters. The molecule has 0 amide bonds. The van der Waals surface area contributed by atoms with E-state index in [0.29, 0.717) is 19.4 Å². The van der Waals surface area contributed by atoms with E-state index < -0.39 is 11.9 Å². The monoisotopic (exact) mass is 448 g/mol. The number of esters is 2. The standard InChI is InChI=1S/C28H48O4/c1-4-7-9-11-12-13-14-15-16-17-18-19-21-25-31-27(29)23-24-28(30)32-26(6-3)22-20-10-8-5-2/h23-24,26H,4-9,11-19,21-22,25H2,1-3H3/b24-23+. The smallest absolute Gasteiger partial charge is 0.331 e. The van der Waals surface area contributed by atoms with Crippen LogP contribution in [-0.4, -0.2) is 24.6 Å². The maximum absolute atomic E-state index is 11.8. The second kappa shape index (κ2) is 23.9. The van der Waals surface area contributed by atoms with Gasteiger partial charge in [0, 0.05) is 25.0 Å². The Hall–Kier alpha value is -1.76. The zero-order valence-corrected chi connectivity index (χ0v) is 21.1. The molecule has 0 bridgehead atoms. The van der Waals surface area contributed by atoms with Crippen molar-refractivity contribution in [1.82, 2.24) is 0 Å². The van der Waals surface area contributed by atoms with E-state index in [1.165, 1.54) is 70.6 Å². The first-order chi connectivity index (χ1) is 15.6. The molecule has 0 aliphatic heterocycles. The number of ether oxygens (including phenoxy) is 2. The Morgan fingerprint density at radius 1 is 0.688 bits per heavy atom. The number of carbonyl (C=O) groups excluding carboxylic acids is 2. The fourth-order valence-electron chi connectivity index (χ4n) is 3.35. The summed E-state index contributed by atoms with van der Waals surface area (Å²) in [5.41, 5.74) is 0. The quantitative estimate of drug-likeness (QED) is 0.0829. The molecular weight excluding hydrogens is 400 g/mol. The lowest BCUT2D eigenvalue weighted by atomic mass is 10.0. The van der Waals surface area contributed by atoms with Crippen LogP contribution in [0.2, 0.25) is 0 Å². The largest absolute Gasteiger partial charge is 0.463 e. The van der Waals surface area contributed by atoms with E-state index in [9.17, 15) is 9.59 Å². The van der Waals surface area contributed by atoms with Gasteiger partial charge >= 0.3 is 11.9 Å². The Balaban J connectivity index is 3.63. The molecule has 1 atom stereocenters. The summed E-state index contributed by atoms with van der Waals surface area (Å²) in [5.74, 6) is 5.07. The van der Waals surface area contributed by atoms with Gasteiger partial charge in [-0.1, -0.05) is 104 Å². The zero-order chi connectivity index (χ0) is 23.7. The summed E-state index contributed by atoms with van der Waals surface area (Å²) in [4.78, 5) is 23.6. The van der Waals surface area contributed by atoms with Gasteiger partial charge in [-0.05, 0) is 19.3 Å². The highest BCUT2D eigenvalue weighted by Crippen LogP contribution is 2.12. The number of rotatable bonds is 20. The molecule has 32 heavy (non-hydrogen) atoms. The molecule has 0 aromatic carbocycles. The van der Waals surface area contributed by atoms with Crippen molar-refractivity contribution in [3.05, 3.63) is 12.2 Å². The average Bonchev–Trinajstić information content (AvgIpc) is 2.79. The van der Waals surface area contributed by atoms with Gasteiger partial charge in [-0.3, -0.25) is 0 Å². The van der Waals surface area contributed by atoms with E-state index in [-0.39, 0.29) is 6.10 Å². The minimum Gasteiger partial charge on any atom is -0.463 e. The van der Waals surface area contributed by atoms with E-state index in [4.69, 9.17) is 9.47 Å². The fourth-order valence-corrected chi connectivity index (χ4v) is 3.35. The predicted molar refractivity (Wildman–Crippen MR) is 133 cm³/mol. The number of unbranched alkanes of at least 4 members (excludes halogenated alkanes) is 13. The molecule has 0 saturated heterocycles. The number of hydrogen-bond acceptors (Lipinski definition) is 4. The lowest BCUT2D eigenvalue weighted by molar-refractivity contribution is -0.144. The van der Waals surface area contributed by atoms with Crippen molar-refractivity contribution in [3.8, 4) is 11.8 Å². The molecule has 4 heteroatoms. The van der Waals surface area contributed by atoms with E-state index in [0.717, 1.165) is 37.8 Å². The molecule has 0 radical (unpaired) electrons. The summed E-state index contributed by atoms with van der Waals surface area (Å²) < 4.78 is 10.5. The molecule has 0 aromatic heterocycles. The maximum Gasteiger partial charge on any atom is 0.331 e. The van der Waals surface area contributed by atoms with Crippen LogP contribution in [0.3, 0.4) is 0 Å². The zero-order valence-electron chi connectivity index (χ0n) is 21.1. The highest BCUT2D eigenvalue weighted by atomic mass is 16.5. The maximum atomic E-state index is 11.8. The summed E-state index contributed by atoms with van der Waals surface area (Å²) in [6.45, 7) is 6.69. The van der Waals surface area contributed by atoms with Gasteiger partial charge in [-0.15, -0.1) is 5.92 Å². The third kappa shape index (κ3) is 21.5. The van der Waals surface area contributed by atoms with Crippen LogP contribution in [0.4, 0.5) is 0 Å². The first-order valence-electron chi connectivity index (χ1n) is 13.1. The molecule has 0 aromatic rings. The average molecular weight is 449 g/mol. The minimum atomic E-state index is -0.521. The molecule has 0 saturated carbocycles. The van der Waals surface area contributed by atoms with Gasteiger partial charge in [-0.2, -0.15) is 0 Å². The van der Waals surface area contributed by atoms with Gasteiger partial charge in [0.25, 0.3) is 0 Å². The highest BCUT2D eigenvalue weighted by Gasteiger charge is 2.09. The second-order valence-electron chi connectivity index (χ2n) is 8.52. The highest BCUT2D eigenvalue weighted by molar-refractivity contribution is 5.91. The summed E-state index contributed by atoms with van der Waals surface area (Å²) >= 11 is 0. The van der Waals surface area contributed by atoms with Gasteiger partial charge in [-0.25, -0.2) is 9.59 Å². The van der Waals surface area contributed by atoms with E-state index >= 15 is 0 Å². The van der Waals surface area contributed by atoms with Gasteiger partial charge in [0.05, 0.1) is 6.61 Å². The van der Waals surface area contributed by atoms with Gasteiger partial charge < -0.3 is 9.47 Å². The molecule has 0 heterocycles. The van der Waals surface area contributed by atoms with Crippen LogP contribution in [-0.2, 0) is 19.1 Å². The molecule has 0 spiro atoms. The fraction of sp³-hybridized carbons (Fsp3) is 0.786. The van der Waals surface area contributed by atoms with Crippen molar-refractivity contribution in [1.29, 1.82) is 0 Å². The van der Waals surface area contributed by atoms with Gasteiger partial charge in [0.15, 0.2) is 0 Å². The molecule has 184 valence electrons. The Labute approximate surface area is 197 Å². The molecular formula is C28H48O4. The lowest BCUT2D eigenvalue weighted by Crippen LogP contribution is -2.15. The van der Waals surface area contributed by atoms with Crippen molar-refractivity contribution < 1.29 is 19.1 Å². The van der Waals surface area contributed by atoms with Crippen molar-refractivity contribution in [2.24, 2.45) is 0 Å². The van der Waals surface area contributed by atoms with Crippen molar-refractivity contribution in [2.45, 2.75) is 136 Å². The summed E-state index contributed by atoms with van der Waals surface area (Å²) in [6, 6.07) is 0. The Morgan fingerprint density at radius 3 is 1.75 bits per heavy atom. The predicted octanol–water partition coefficient (Wildman–Crippen LogP) is 7.69. The van der Waals surface area contributed by atoms with Crippen molar-refractivity contribution >= 4 is 11.9 Å². The van der Waals surface area contributed by atoms with Crippen LogP contribution >= 0.6 is 0 Å². The first kappa shape index (κ1) is 30.2. The molecule has 0 aliphatic rings. The normalized spacial score (nSPS) is 11.7. The molecule has 4 nitrogen and oxygen atoms in total. The molecule has 0 N–H and O–H groups in total. The van der Waals surface area contributed by atoms with Gasteiger partial charge in [0.1, 0.15) is 6.10 Å². The lowest BCUT2D eigenvalue weighted by Gasteiger charge is -2.11. The van der Waals surface area contributed by atoms with Crippen molar-refractivity contribution in [2.75, 3.05) is 6.61 Å². The van der Waals surface area contributed by atoms with Crippen LogP contribution in [0.1, 0.15) is 130 Å². The Morgan fingerprint density at radius 2 is 1.22 bits per heavy atom. The number of carbonyl (C=O) groups is 2. The van der Waals surface area contributed by atoms with Gasteiger partial charge in [0.2, 0.25) is 0 Å². The molecule has 0 aliphatic carbocycles. The Kier molecular flexibility index (Phi) is 22.6. The van der Waals surface area contributed by atoms with Crippen LogP contribution in [0.15, 0.2) is 12.2 Å². The first-order valence-corrected chi connectivity index (χ1v) is 13.1. The summed E-state index contributed by atoms with van der Waals surface area (Å²) in [5, 5.41) is 0. The second-order valence-corrected chi connectivity index (χ2v) is 8.52. The molecule has 0 fully saturated rings. The van der Waals surface area contributed by atoms with Crippen LogP contribution in [0.5, 0.6) is 0 Å². The SMILES string of the molecule is CCCC#CCC(CC)OC(=O)/C=C/C(=O)OCCCCCCCCCCCCCCC. The topological polar surface area (TPSA) is 52.6 Å². The summed E-state index contributed by atoms with van der Waals surface area (Å²) in [7, 11) is 0. The van der Waals surface area contributed by atoms with Crippen LogP contribution in [0, 0.1) is 11.8 Å². The Bertz CT molecular complexity index is 541. The third-order valence-corrected chi connectivity index (χ3v) is 5.42. The van der Waals surface area contributed by atoms with E-state index in [2.05, 4.69) is 25.7 Å². The molecule has 0 rings (SSSR count). The van der Waals surface area contributed by atoms with E-state index in [1.807, 2.05) is 6.92 Å². The summed E-state index contributed by atoms with van der Waals surface area (Å²) in [6.07, 6.45) is 21.9. The van der Waals surface area contributed by atoms with Crippen LogP contribution < -0.4 is 0 Å². The van der Waals surface area contributed by atoms with Crippen molar-refractivity contribution in [3.63, 3.8) is 0 Å². The van der Waals surface area contributed by atoms with E-state index in [1.54, 1.807) is 0 Å². The minimum absolute atomic E-state index is 0.238. The number of hydrogen-bond donors (Lipinski definition) is 0. The third-order valence-electron chi connectivity index (χ3n) is 5.42. The van der Waals surface area contributed by atoms with Crippen LogP contribution in [0.25, 0.3) is 0 Å².